The molecule has 109 heavy (non-hydrogen) atoms. The van der Waals surface area contributed by atoms with Crippen molar-refractivity contribution in [3.8, 4) is 0 Å². The van der Waals surface area contributed by atoms with Gasteiger partial charge in [0, 0.05) is 85.8 Å². The Morgan fingerprint density at radius 3 is 1.84 bits per heavy atom. The number of nitrogens with one attached hydrogen (secondary N) is 11. The van der Waals surface area contributed by atoms with Crippen LogP contribution in [0.2, 0.25) is 0 Å². The Hall–Kier alpha value is -10.4. The van der Waals surface area contributed by atoms with Crippen molar-refractivity contribution < 1.29 is 89.3 Å². The predicted molar refractivity (Wildman–Crippen MR) is 411 cm³/mol. The first kappa shape index (κ1) is 87.5. The monoisotopic (exact) mass is 1590 g/mol. The number of nitrogens with zero attached hydrogens (tertiary/aromatic N) is 2. The van der Waals surface area contributed by atoms with Crippen molar-refractivity contribution in [2.75, 3.05) is 38.2 Å². The number of anilines is 1. The molecule has 2 aromatic heterocycles. The van der Waals surface area contributed by atoms with Crippen LogP contribution in [-0.2, 0) is 76.9 Å². The summed E-state index contributed by atoms with van der Waals surface area (Å²) in [4.78, 5) is 166. The number of rotatable bonds is 45. The van der Waals surface area contributed by atoms with Gasteiger partial charge >= 0.3 is 5.97 Å². The molecule has 0 spiro atoms. The van der Waals surface area contributed by atoms with E-state index in [9.17, 15) is 67.7 Å². The molecule has 0 aliphatic carbocycles. The summed E-state index contributed by atoms with van der Waals surface area (Å²) in [6, 6.07) is 21.3. The largest absolute Gasteiger partial charge is 1.00 e. The summed E-state index contributed by atoms with van der Waals surface area (Å²) in [5.41, 5.74) is 17.6. The van der Waals surface area contributed by atoms with E-state index in [0.717, 1.165) is 51.5 Å². The number of benzene rings is 4. The standard InChI is InChI=1S/C78H103N15O14S.BrH/c1-48(2)70(77(105)89-60(42-53-44-81-56-29-18-16-27-54(53)56)73(101)83-46-68(98)86-59(41-51-25-13-12-14-26-51)75(103)90-61(47-94)76(104)85-50(4)72(100)88-58(78(106)107)30-22-23-38-79)91-74(102)57(35-36-65(80)95)87-71(99)49(3)84-67(97)45-82-66(96)34-15-10-8-6-7-9-11-24-39-93-63-32-20-21-33-64(63)108-69(93)43-52-37-40-92(5)62-31-19-17-28-55(52)62;/h12-14,16-21,25-29,31-33,37,40,43-44,48-50,57-61,70,81,94H,6-11,15,22-24,30,34-36,38-39,41-42,45-47,79H2,1-5H3,(H12-,80,82,83,84,85,86,87,88,89,90,91,95,96,97,98,99,100,101,102,103,104,105,106,107);1H/t49-,50-,57-,58-,59-,60-,61-,70-;/m0./s1. The molecule has 31 heteroatoms. The molecule has 0 unspecified atom stereocenters. The van der Waals surface area contributed by atoms with Crippen molar-refractivity contribution in [3.63, 3.8) is 0 Å². The summed E-state index contributed by atoms with van der Waals surface area (Å²) in [6.45, 7) is 4.95. The van der Waals surface area contributed by atoms with Gasteiger partial charge in [0.15, 0.2) is 6.54 Å². The molecule has 1 aliphatic heterocycles. The normalized spacial score (nSPS) is 14.2. The molecular formula is C78H104BrN15O14S. The van der Waals surface area contributed by atoms with Gasteiger partial charge in [-0.3, -0.25) is 52.7 Å². The Morgan fingerprint density at radius 2 is 1.15 bits per heavy atom. The number of unbranched alkanes of at least 4 members (excludes halogenated alkanes) is 8. The van der Waals surface area contributed by atoms with Gasteiger partial charge < -0.3 is 102 Å². The second-order valence-corrected chi connectivity index (χ2v) is 28.4. The fraction of sp³-hybridized carbons (Fsp3) is 0.449. The number of carbonyl (C=O) groups excluding carboxylic acids is 11. The highest BCUT2D eigenvalue weighted by atomic mass is 79.9. The van der Waals surface area contributed by atoms with E-state index in [0.29, 0.717) is 47.8 Å². The third-order valence-electron chi connectivity index (χ3n) is 18.5. The summed E-state index contributed by atoms with van der Waals surface area (Å²) < 4.78 is 3.69. The molecule has 588 valence electrons. The number of aliphatic hydroxyl groups excluding tert-OH is 1. The van der Waals surface area contributed by atoms with Gasteiger partial charge in [-0.25, -0.2) is 4.79 Å². The second-order valence-electron chi connectivity index (χ2n) is 27.4. The molecule has 17 N–H and O–H groups in total. The number of hydrogen-bond donors (Lipinski definition) is 15. The van der Waals surface area contributed by atoms with E-state index in [1.165, 1.54) is 45.9 Å². The van der Waals surface area contributed by atoms with Crippen LogP contribution in [0.3, 0.4) is 0 Å². The van der Waals surface area contributed by atoms with Crippen LogP contribution in [0.25, 0.3) is 32.8 Å². The summed E-state index contributed by atoms with van der Waals surface area (Å²) >= 11 is 1.81. The molecule has 11 amide bonds. The van der Waals surface area contributed by atoms with Gasteiger partial charge in [-0.1, -0.05) is 136 Å². The van der Waals surface area contributed by atoms with Crippen LogP contribution in [0, 0.1) is 5.92 Å². The Kier molecular flexibility index (Phi) is 36.0. The molecule has 8 atom stereocenters. The highest BCUT2D eigenvalue weighted by Gasteiger charge is 2.35. The molecule has 0 bridgehead atoms. The van der Waals surface area contributed by atoms with E-state index in [2.05, 4.69) is 142 Å². The van der Waals surface area contributed by atoms with Gasteiger partial charge in [0.05, 0.1) is 19.7 Å². The van der Waals surface area contributed by atoms with Gasteiger partial charge in [0.2, 0.25) is 70.5 Å². The smallest absolute Gasteiger partial charge is 0.326 e. The topological polar surface area (TPSA) is 441 Å². The Morgan fingerprint density at radius 1 is 0.560 bits per heavy atom. The number of amides is 11. The molecule has 4 aromatic carbocycles. The number of allylic oxidation sites excluding steroid dienone is 2. The van der Waals surface area contributed by atoms with Crippen LogP contribution in [0.4, 0.5) is 5.69 Å². The lowest BCUT2D eigenvalue weighted by atomic mass is 9.99. The van der Waals surface area contributed by atoms with Crippen LogP contribution in [0.15, 0.2) is 122 Å². The fourth-order valence-electron chi connectivity index (χ4n) is 12.4. The van der Waals surface area contributed by atoms with E-state index in [1.54, 1.807) is 86.0 Å². The minimum absolute atomic E-state index is 0. The number of aliphatic hydroxyl groups is 1. The van der Waals surface area contributed by atoms with Crippen molar-refractivity contribution in [2.24, 2.45) is 17.4 Å². The minimum atomic E-state index is -1.66. The zero-order valence-corrected chi connectivity index (χ0v) is 64.7. The molecule has 1 aliphatic rings. The number of fused-ring (bicyclic) bond motifs is 3. The summed E-state index contributed by atoms with van der Waals surface area (Å²) in [5.74, 6) is -11.0. The number of aryl methyl sites for hydroxylation is 1. The van der Waals surface area contributed by atoms with Crippen molar-refractivity contribution in [1.29, 1.82) is 0 Å². The first-order valence-electron chi connectivity index (χ1n) is 36.8. The summed E-state index contributed by atoms with van der Waals surface area (Å²) in [6.07, 6.45) is 16.2. The average molecular weight is 1590 g/mol. The number of halogens is 1. The lowest BCUT2D eigenvalue weighted by molar-refractivity contribution is -0.669. The van der Waals surface area contributed by atoms with Crippen LogP contribution in [0.1, 0.15) is 139 Å². The summed E-state index contributed by atoms with van der Waals surface area (Å²) in [5, 5.41) is 47.0. The lowest BCUT2D eigenvalue weighted by Crippen LogP contribution is -3.00. The van der Waals surface area contributed by atoms with E-state index in [-0.39, 0.29) is 61.4 Å². The van der Waals surface area contributed by atoms with Crippen LogP contribution >= 0.6 is 11.3 Å². The zero-order valence-electron chi connectivity index (χ0n) is 62.3. The Labute approximate surface area is 648 Å². The highest BCUT2D eigenvalue weighted by molar-refractivity contribution is 7.18. The van der Waals surface area contributed by atoms with Crippen molar-refractivity contribution >= 4 is 121 Å². The molecule has 6 aromatic rings. The summed E-state index contributed by atoms with van der Waals surface area (Å²) in [7, 11) is 2.06. The van der Waals surface area contributed by atoms with E-state index in [4.69, 9.17) is 11.5 Å². The number of aromatic nitrogens is 2. The third-order valence-corrected chi connectivity index (χ3v) is 19.6. The van der Waals surface area contributed by atoms with Gasteiger partial charge in [-0.2, -0.15) is 4.57 Å². The van der Waals surface area contributed by atoms with Gasteiger partial charge in [0.1, 0.15) is 53.0 Å². The maximum Gasteiger partial charge on any atom is 0.326 e. The van der Waals surface area contributed by atoms with Crippen molar-refractivity contribution in [1.82, 2.24) is 58.2 Å². The third kappa shape index (κ3) is 27.7. The van der Waals surface area contributed by atoms with E-state index < -0.39 is 139 Å². The van der Waals surface area contributed by atoms with Crippen LogP contribution in [0.5, 0.6) is 0 Å². The number of carboxylic acid groups (broad SMARTS) is 1. The first-order valence-corrected chi connectivity index (χ1v) is 37.7. The molecule has 7 rings (SSSR count). The molecular weight excluding hydrogens is 1480 g/mol. The minimum Gasteiger partial charge on any atom is -1.00 e. The number of para-hydroxylation sites is 3. The Balaban J connectivity index is 0.0000186. The number of thiazole rings is 1. The quantitative estimate of drug-likeness (QED) is 0.0182. The first-order chi connectivity index (χ1) is 51.8. The number of hydrogen-bond acceptors (Lipinski definition) is 16. The van der Waals surface area contributed by atoms with Crippen molar-refractivity contribution in [3.05, 3.63) is 143 Å². The maximum absolute atomic E-state index is 14.5. The second kappa shape index (κ2) is 44.8. The number of nitrogens with two attached hydrogens (primary N) is 2. The predicted octanol–water partition coefficient (Wildman–Crippen LogP) is 0.452. The molecule has 0 fully saturated rings. The molecule has 29 nitrogen and oxygen atoms in total. The fourth-order valence-corrected chi connectivity index (χ4v) is 13.5. The molecule has 3 heterocycles. The number of primary amides is 1. The van der Waals surface area contributed by atoms with E-state index >= 15 is 0 Å². The number of carboxylic acids is 1. The number of aromatic amines is 1. The Bertz CT molecular complexity index is 4170. The number of aliphatic carboxylic acids is 1. The molecule has 0 saturated carbocycles. The van der Waals surface area contributed by atoms with Crippen LogP contribution in [-0.4, -0.2) is 168 Å². The van der Waals surface area contributed by atoms with Gasteiger partial charge in [0.25, 0.3) is 5.01 Å². The SMILES string of the molecule is CC(C)[C@H](NC(=O)[C@H](CCC(N)=O)NC(=O)[C@H](C)NC(=O)CNC(=O)CCCCCCCCCC[n+]1c(/C=C2\C=CN(C)c3ccccc32)sc2ccccc21)C(=O)N[C@@H](Cc1c[nH]c2ccccc12)C(=O)NCC(=O)N[C@@H](Cc1ccccc1)C(=O)N[C@@H](CO)C(=O)N[C@@H](C)C(=O)N[C@@H](CCCCN)C(=O)O.[Br-]. The highest BCUT2D eigenvalue weighted by Crippen LogP contribution is 2.34. The van der Waals surface area contributed by atoms with Crippen molar-refractivity contribution in [2.45, 2.75) is 185 Å². The molecule has 0 radical (unpaired) electrons. The average Bonchev–Trinajstić information content (AvgIpc) is 1.68. The lowest BCUT2D eigenvalue weighted by Gasteiger charge is -2.28. The number of carbonyl (C=O) groups is 12. The van der Waals surface area contributed by atoms with E-state index in [1.807, 2.05) is 0 Å². The molecule has 0 saturated heterocycles. The maximum atomic E-state index is 14.5. The van der Waals surface area contributed by atoms with Gasteiger partial charge in [-0.05, 0) is 106 Å². The number of H-pyrrole nitrogens is 1. The van der Waals surface area contributed by atoms with Gasteiger partial charge in [-0.15, -0.1) is 0 Å². The zero-order chi connectivity index (χ0) is 78.2. The van der Waals surface area contributed by atoms with Crippen LogP contribution < -0.4 is 91.1 Å².